The second-order valence-corrected chi connectivity index (χ2v) is 8.06. The van der Waals surface area contributed by atoms with E-state index >= 15 is 0 Å². The van der Waals surface area contributed by atoms with Gasteiger partial charge in [-0.15, -0.1) is 0 Å². The van der Waals surface area contributed by atoms with Crippen molar-refractivity contribution < 1.29 is 8.42 Å². The molecular formula is C13H16N4O2S2. The second kappa shape index (κ2) is 5.27. The first-order valence-corrected chi connectivity index (χ1v) is 8.94. The molecule has 0 bridgehead atoms. The molecule has 0 amide bonds. The molecule has 3 rings (SSSR count). The van der Waals surface area contributed by atoms with Gasteiger partial charge in [0.2, 0.25) is 0 Å². The zero-order valence-electron chi connectivity index (χ0n) is 11.5. The normalized spacial score (nSPS) is 15.1. The van der Waals surface area contributed by atoms with Gasteiger partial charge >= 0.3 is 0 Å². The lowest BCUT2D eigenvalue weighted by molar-refractivity contribution is 0.595. The van der Waals surface area contributed by atoms with E-state index in [1.807, 2.05) is 13.0 Å². The maximum atomic E-state index is 12.4. The summed E-state index contributed by atoms with van der Waals surface area (Å²) in [5.74, 6) is 0.0980. The van der Waals surface area contributed by atoms with Crippen LogP contribution in [0.3, 0.4) is 0 Å². The molecule has 0 spiro atoms. The average molecular weight is 324 g/mol. The molecule has 1 aliphatic carbocycles. The molecule has 8 heteroatoms. The highest BCUT2D eigenvalue weighted by Crippen LogP contribution is 2.41. The van der Waals surface area contributed by atoms with Crippen LogP contribution in [0, 0.1) is 6.92 Å². The van der Waals surface area contributed by atoms with Gasteiger partial charge in [-0.25, -0.2) is 8.42 Å². The van der Waals surface area contributed by atoms with Crippen molar-refractivity contribution in [2.75, 3.05) is 11.1 Å². The van der Waals surface area contributed by atoms with Gasteiger partial charge in [-0.2, -0.15) is 4.37 Å². The second-order valence-electron chi connectivity index (χ2n) is 5.13. The van der Waals surface area contributed by atoms with Crippen molar-refractivity contribution in [2.45, 2.75) is 36.5 Å². The number of aromatic nitrogens is 2. The molecule has 0 atom stereocenters. The Morgan fingerprint density at radius 3 is 2.90 bits per heavy atom. The fourth-order valence-electron chi connectivity index (χ4n) is 2.10. The van der Waals surface area contributed by atoms with Crippen LogP contribution in [0.25, 0.3) is 0 Å². The number of aryl methyl sites for hydroxylation is 1. The number of nitrogens with two attached hydrogens (primary N) is 1. The van der Waals surface area contributed by atoms with E-state index in [-0.39, 0.29) is 16.0 Å². The number of anilines is 2. The first-order valence-electron chi connectivity index (χ1n) is 6.62. The van der Waals surface area contributed by atoms with Gasteiger partial charge in [-0.1, -0.05) is 0 Å². The number of rotatable bonds is 5. The Balaban J connectivity index is 1.86. The van der Waals surface area contributed by atoms with E-state index in [1.54, 1.807) is 12.4 Å². The quantitative estimate of drug-likeness (QED) is 0.872. The van der Waals surface area contributed by atoms with E-state index in [4.69, 9.17) is 5.73 Å². The maximum Gasteiger partial charge on any atom is 0.187 e. The van der Waals surface area contributed by atoms with E-state index in [0.717, 1.165) is 22.7 Å². The fraction of sp³-hybridized carbons (Fsp3) is 0.385. The monoisotopic (exact) mass is 324 g/mol. The zero-order valence-corrected chi connectivity index (χ0v) is 13.2. The molecule has 112 valence electrons. The van der Waals surface area contributed by atoms with Crippen LogP contribution in [0.4, 0.5) is 10.8 Å². The van der Waals surface area contributed by atoms with Gasteiger partial charge < -0.3 is 11.1 Å². The minimum absolute atomic E-state index is 0.0980. The third-order valence-corrected chi connectivity index (χ3v) is 6.78. The predicted molar refractivity (Wildman–Crippen MR) is 83.0 cm³/mol. The summed E-state index contributed by atoms with van der Waals surface area (Å²) < 4.78 is 28.8. The van der Waals surface area contributed by atoms with Crippen molar-refractivity contribution in [1.29, 1.82) is 0 Å². The fourth-order valence-corrected chi connectivity index (χ4v) is 4.98. The number of nitrogen functional groups attached to an aromatic ring is 1. The topological polar surface area (TPSA) is 98.0 Å². The molecular weight excluding hydrogens is 308 g/mol. The summed E-state index contributed by atoms with van der Waals surface area (Å²) in [4.78, 5) is 4.21. The first-order chi connectivity index (χ1) is 10.00. The van der Waals surface area contributed by atoms with E-state index in [0.29, 0.717) is 24.4 Å². The van der Waals surface area contributed by atoms with Crippen LogP contribution >= 0.6 is 11.5 Å². The molecule has 2 aromatic rings. The van der Waals surface area contributed by atoms with E-state index < -0.39 is 9.84 Å². The van der Waals surface area contributed by atoms with Crippen LogP contribution in [0.1, 0.15) is 24.0 Å². The Kier molecular flexibility index (Phi) is 3.58. The summed E-state index contributed by atoms with van der Waals surface area (Å²) in [6.07, 6.45) is 4.91. The molecule has 21 heavy (non-hydrogen) atoms. The van der Waals surface area contributed by atoms with Crippen LogP contribution in [-0.4, -0.2) is 23.0 Å². The van der Waals surface area contributed by atoms with Gasteiger partial charge in [0, 0.05) is 18.9 Å². The van der Waals surface area contributed by atoms with Crippen LogP contribution in [-0.2, 0) is 16.4 Å². The molecule has 2 aromatic heterocycles. The largest absolute Gasteiger partial charge is 0.382 e. The summed E-state index contributed by atoms with van der Waals surface area (Å²) in [5.41, 5.74) is 7.87. The predicted octanol–water partition coefficient (Wildman–Crippen LogP) is 1.98. The molecule has 0 saturated heterocycles. The van der Waals surface area contributed by atoms with Crippen molar-refractivity contribution in [3.8, 4) is 0 Å². The van der Waals surface area contributed by atoms with Crippen molar-refractivity contribution >= 4 is 32.2 Å². The third kappa shape index (κ3) is 2.73. The molecule has 6 nitrogen and oxygen atoms in total. The maximum absolute atomic E-state index is 12.4. The van der Waals surface area contributed by atoms with Gasteiger partial charge in [0.15, 0.2) is 15.7 Å². The SMILES string of the molecule is Cc1cnccc1CNc1snc(N)c1S(=O)(=O)C1CC1. The first kappa shape index (κ1) is 14.3. The molecule has 0 aliphatic heterocycles. The summed E-state index contributed by atoms with van der Waals surface area (Å²) in [7, 11) is -3.35. The van der Waals surface area contributed by atoms with Crippen molar-refractivity contribution in [2.24, 2.45) is 0 Å². The molecule has 1 aliphatic rings. The summed E-state index contributed by atoms with van der Waals surface area (Å²) in [6.45, 7) is 2.48. The zero-order chi connectivity index (χ0) is 15.0. The van der Waals surface area contributed by atoms with Crippen LogP contribution in [0.2, 0.25) is 0 Å². The molecule has 0 unspecified atom stereocenters. The van der Waals surface area contributed by atoms with Gasteiger partial charge in [0.25, 0.3) is 0 Å². The third-order valence-electron chi connectivity index (χ3n) is 3.50. The minimum Gasteiger partial charge on any atom is -0.382 e. The van der Waals surface area contributed by atoms with E-state index in [9.17, 15) is 8.42 Å². The van der Waals surface area contributed by atoms with Gasteiger partial charge in [0.1, 0.15) is 9.90 Å². The Labute approximate surface area is 127 Å². The molecule has 0 radical (unpaired) electrons. The minimum atomic E-state index is -3.35. The highest BCUT2D eigenvalue weighted by molar-refractivity contribution is 7.92. The Morgan fingerprint density at radius 2 is 2.24 bits per heavy atom. The standard InChI is InChI=1S/C13H16N4O2S2/c1-8-6-15-5-4-9(8)7-16-13-11(12(14)17-20-13)21(18,19)10-2-3-10/h4-6,10,16H,2-3,7H2,1H3,(H2,14,17). The highest BCUT2D eigenvalue weighted by Gasteiger charge is 2.40. The number of nitrogens with one attached hydrogen (secondary N) is 1. The molecule has 0 aromatic carbocycles. The van der Waals surface area contributed by atoms with E-state index in [1.165, 1.54) is 0 Å². The van der Waals surface area contributed by atoms with Crippen LogP contribution < -0.4 is 11.1 Å². The smallest absolute Gasteiger partial charge is 0.187 e. The van der Waals surface area contributed by atoms with Crippen molar-refractivity contribution in [1.82, 2.24) is 9.36 Å². The number of nitrogens with zero attached hydrogens (tertiary/aromatic N) is 2. The van der Waals surface area contributed by atoms with Crippen molar-refractivity contribution in [3.63, 3.8) is 0 Å². The summed E-state index contributed by atoms with van der Waals surface area (Å²) in [6, 6.07) is 1.90. The lowest BCUT2D eigenvalue weighted by Gasteiger charge is -2.09. The Bertz CT molecular complexity index is 766. The highest BCUT2D eigenvalue weighted by atomic mass is 32.2. The average Bonchev–Trinajstić information content (AvgIpc) is 3.23. The van der Waals surface area contributed by atoms with Gasteiger partial charge in [-0.05, 0) is 48.5 Å². The lowest BCUT2D eigenvalue weighted by atomic mass is 10.1. The van der Waals surface area contributed by atoms with Crippen molar-refractivity contribution in [3.05, 3.63) is 29.6 Å². The Morgan fingerprint density at radius 1 is 1.48 bits per heavy atom. The Hall–Kier alpha value is -1.67. The van der Waals surface area contributed by atoms with E-state index in [2.05, 4.69) is 14.7 Å². The lowest BCUT2D eigenvalue weighted by Crippen LogP contribution is -2.11. The molecule has 2 heterocycles. The molecule has 1 saturated carbocycles. The summed E-state index contributed by atoms with van der Waals surface area (Å²) in [5, 5.41) is 3.38. The molecule has 3 N–H and O–H groups in total. The summed E-state index contributed by atoms with van der Waals surface area (Å²) >= 11 is 1.09. The van der Waals surface area contributed by atoms with Gasteiger partial charge in [0.05, 0.1) is 5.25 Å². The number of pyridine rings is 1. The number of hydrogen-bond acceptors (Lipinski definition) is 7. The van der Waals surface area contributed by atoms with Gasteiger partial charge in [-0.3, -0.25) is 4.98 Å². The van der Waals surface area contributed by atoms with Crippen LogP contribution in [0.5, 0.6) is 0 Å². The number of hydrogen-bond donors (Lipinski definition) is 2. The number of sulfone groups is 1. The van der Waals surface area contributed by atoms with Crippen LogP contribution in [0.15, 0.2) is 23.4 Å². The molecule has 1 fully saturated rings.